The lowest BCUT2D eigenvalue weighted by Crippen LogP contribution is -2.14. The number of anilines is 2. The number of hydrogen-bond donors (Lipinski definition) is 2. The third-order valence-electron chi connectivity index (χ3n) is 2.98. The fourth-order valence-electron chi connectivity index (χ4n) is 1.92. The maximum Gasteiger partial charge on any atom is 0.148 e. The van der Waals surface area contributed by atoms with Crippen molar-refractivity contribution in [3.8, 4) is 0 Å². The Bertz CT molecular complexity index is 570. The molecule has 6 heteroatoms. The second-order valence-corrected chi connectivity index (χ2v) is 5.97. The van der Waals surface area contributed by atoms with Crippen molar-refractivity contribution < 1.29 is 0 Å². The second-order valence-electron chi connectivity index (χ2n) is 5.08. The van der Waals surface area contributed by atoms with Gasteiger partial charge in [0.05, 0.1) is 17.4 Å². The number of nitrogen functional groups attached to an aromatic ring is 1. The van der Waals surface area contributed by atoms with Gasteiger partial charge in [-0.25, -0.2) is 9.67 Å². The van der Waals surface area contributed by atoms with E-state index in [0.717, 1.165) is 22.2 Å². The van der Waals surface area contributed by atoms with E-state index in [1.807, 2.05) is 18.5 Å². The van der Waals surface area contributed by atoms with Gasteiger partial charge >= 0.3 is 0 Å². The van der Waals surface area contributed by atoms with Crippen molar-refractivity contribution in [2.24, 2.45) is 0 Å². The van der Waals surface area contributed by atoms with Crippen LogP contribution in [-0.2, 0) is 0 Å². The number of nitrogens with two attached hydrogens (primary N) is 1. The van der Waals surface area contributed by atoms with E-state index in [0.29, 0.717) is 5.69 Å². The summed E-state index contributed by atoms with van der Waals surface area (Å²) in [4.78, 5) is 4.50. The summed E-state index contributed by atoms with van der Waals surface area (Å²) in [6.45, 7) is 10.2. The molecule has 0 aliphatic rings. The Kier molecular flexibility index (Phi) is 3.80. The quantitative estimate of drug-likeness (QED) is 0.901. The summed E-state index contributed by atoms with van der Waals surface area (Å²) in [5.74, 6) is 0.882. The van der Waals surface area contributed by atoms with Crippen LogP contribution in [0, 0.1) is 13.8 Å². The van der Waals surface area contributed by atoms with Gasteiger partial charge in [-0.15, -0.1) is 11.3 Å². The molecule has 0 radical (unpaired) electrons. The van der Waals surface area contributed by atoms with Crippen molar-refractivity contribution in [3.05, 3.63) is 21.8 Å². The van der Waals surface area contributed by atoms with Gasteiger partial charge in [-0.05, 0) is 34.6 Å². The Balaban J connectivity index is 2.28. The molecule has 19 heavy (non-hydrogen) atoms. The smallest absolute Gasteiger partial charge is 0.148 e. The molecule has 0 amide bonds. The largest absolute Gasteiger partial charge is 0.394 e. The van der Waals surface area contributed by atoms with Crippen LogP contribution < -0.4 is 11.1 Å². The molecule has 1 atom stereocenters. The molecule has 0 saturated heterocycles. The van der Waals surface area contributed by atoms with Gasteiger partial charge in [0.2, 0.25) is 0 Å². The molecule has 0 aliphatic heterocycles. The molecule has 1 unspecified atom stereocenters. The highest BCUT2D eigenvalue weighted by Gasteiger charge is 2.18. The Morgan fingerprint density at radius 3 is 2.53 bits per heavy atom. The van der Waals surface area contributed by atoms with E-state index in [1.165, 1.54) is 0 Å². The fraction of sp³-hybridized carbons (Fsp3) is 0.538. The molecule has 3 N–H and O–H groups in total. The zero-order valence-corrected chi connectivity index (χ0v) is 12.9. The van der Waals surface area contributed by atoms with Gasteiger partial charge in [0.25, 0.3) is 0 Å². The molecule has 0 aromatic carbocycles. The maximum absolute atomic E-state index is 6.11. The normalized spacial score (nSPS) is 12.9. The Morgan fingerprint density at radius 1 is 1.32 bits per heavy atom. The molecule has 0 fully saturated rings. The van der Waals surface area contributed by atoms with E-state index in [1.54, 1.807) is 11.3 Å². The second kappa shape index (κ2) is 5.21. The lowest BCUT2D eigenvalue weighted by Gasteiger charge is -2.17. The molecule has 2 aromatic rings. The number of aryl methyl sites for hydroxylation is 2. The number of rotatable bonds is 4. The van der Waals surface area contributed by atoms with Crippen LogP contribution in [0.3, 0.4) is 0 Å². The third-order valence-corrected chi connectivity index (χ3v) is 4.13. The topological polar surface area (TPSA) is 68.8 Å². The van der Waals surface area contributed by atoms with Gasteiger partial charge in [0, 0.05) is 17.1 Å². The molecule has 0 saturated carbocycles. The van der Waals surface area contributed by atoms with Crippen molar-refractivity contribution >= 4 is 22.8 Å². The van der Waals surface area contributed by atoms with Crippen LogP contribution in [0.2, 0.25) is 0 Å². The van der Waals surface area contributed by atoms with Crippen molar-refractivity contribution in [2.45, 2.75) is 46.7 Å². The molecule has 0 aliphatic carbocycles. The summed E-state index contributed by atoms with van der Waals surface area (Å²) in [6, 6.07) is 0.387. The van der Waals surface area contributed by atoms with Gasteiger partial charge in [-0.2, -0.15) is 5.10 Å². The van der Waals surface area contributed by atoms with Gasteiger partial charge in [0.1, 0.15) is 10.8 Å². The van der Waals surface area contributed by atoms with E-state index in [-0.39, 0.29) is 12.1 Å². The minimum absolute atomic E-state index is 0.120. The van der Waals surface area contributed by atoms with Crippen molar-refractivity contribution in [2.75, 3.05) is 11.1 Å². The molecule has 5 nitrogen and oxygen atoms in total. The third kappa shape index (κ3) is 2.73. The first kappa shape index (κ1) is 13.9. The van der Waals surface area contributed by atoms with Gasteiger partial charge in [-0.1, -0.05) is 0 Å². The summed E-state index contributed by atoms with van der Waals surface area (Å²) in [6.07, 6.45) is 0. The van der Waals surface area contributed by atoms with E-state index in [4.69, 9.17) is 5.73 Å². The molecule has 0 spiro atoms. The van der Waals surface area contributed by atoms with Gasteiger partial charge in [-0.3, -0.25) is 0 Å². The lowest BCUT2D eigenvalue weighted by atomic mass is 10.3. The van der Waals surface area contributed by atoms with Crippen LogP contribution in [0.1, 0.15) is 49.3 Å². The van der Waals surface area contributed by atoms with Crippen LogP contribution in [-0.4, -0.2) is 14.8 Å². The number of hydrogen-bond acceptors (Lipinski definition) is 5. The molecule has 2 rings (SSSR count). The summed E-state index contributed by atoms with van der Waals surface area (Å²) in [5.41, 5.74) is 8.74. The first-order valence-corrected chi connectivity index (χ1v) is 7.31. The summed E-state index contributed by atoms with van der Waals surface area (Å²) in [5, 5.41) is 11.0. The van der Waals surface area contributed by atoms with E-state index >= 15 is 0 Å². The molecule has 2 heterocycles. The van der Waals surface area contributed by atoms with Crippen LogP contribution in [0.4, 0.5) is 11.5 Å². The first-order valence-electron chi connectivity index (χ1n) is 6.43. The van der Waals surface area contributed by atoms with E-state index in [2.05, 4.69) is 41.6 Å². The van der Waals surface area contributed by atoms with Crippen LogP contribution in [0.5, 0.6) is 0 Å². The standard InChI is InChI=1S/C13H21N5S/c1-7(2)18-12(11(14)9(4)17-18)16-10(5)13-15-8(3)6-19-13/h6-7,10,16H,14H2,1-5H3. The van der Waals surface area contributed by atoms with Crippen LogP contribution in [0.15, 0.2) is 5.38 Å². The highest BCUT2D eigenvalue weighted by atomic mass is 32.1. The average Bonchev–Trinajstić information content (AvgIpc) is 2.88. The molecular weight excluding hydrogens is 258 g/mol. The zero-order chi connectivity index (χ0) is 14.2. The van der Waals surface area contributed by atoms with Crippen molar-refractivity contribution in [1.82, 2.24) is 14.8 Å². The monoisotopic (exact) mass is 279 g/mol. The Morgan fingerprint density at radius 2 is 2.00 bits per heavy atom. The number of aromatic nitrogens is 3. The Labute approximate surface area is 117 Å². The summed E-state index contributed by atoms with van der Waals surface area (Å²) < 4.78 is 1.93. The van der Waals surface area contributed by atoms with Crippen LogP contribution >= 0.6 is 11.3 Å². The van der Waals surface area contributed by atoms with Gasteiger partial charge in [0.15, 0.2) is 0 Å². The number of nitrogens with one attached hydrogen (secondary N) is 1. The minimum atomic E-state index is 0.120. The van der Waals surface area contributed by atoms with Crippen molar-refractivity contribution in [1.29, 1.82) is 0 Å². The average molecular weight is 279 g/mol. The number of nitrogens with zero attached hydrogens (tertiary/aromatic N) is 3. The highest BCUT2D eigenvalue weighted by Crippen LogP contribution is 2.30. The highest BCUT2D eigenvalue weighted by molar-refractivity contribution is 7.09. The number of thiazole rings is 1. The fourth-order valence-corrected chi connectivity index (χ4v) is 2.72. The first-order chi connectivity index (χ1) is 8.90. The minimum Gasteiger partial charge on any atom is -0.394 e. The molecule has 0 bridgehead atoms. The Hall–Kier alpha value is -1.56. The van der Waals surface area contributed by atoms with Crippen molar-refractivity contribution in [3.63, 3.8) is 0 Å². The molecule has 104 valence electrons. The molecule has 2 aromatic heterocycles. The lowest BCUT2D eigenvalue weighted by molar-refractivity contribution is 0.532. The summed E-state index contributed by atoms with van der Waals surface area (Å²) >= 11 is 1.66. The summed E-state index contributed by atoms with van der Waals surface area (Å²) in [7, 11) is 0. The predicted molar refractivity (Wildman–Crippen MR) is 80.7 cm³/mol. The maximum atomic E-state index is 6.11. The SMILES string of the molecule is Cc1csc(C(C)Nc2c(N)c(C)nn2C(C)C)n1. The van der Waals surface area contributed by atoms with E-state index < -0.39 is 0 Å². The van der Waals surface area contributed by atoms with Crippen LogP contribution in [0.25, 0.3) is 0 Å². The predicted octanol–water partition coefficient (Wildman–Crippen LogP) is 3.29. The van der Waals surface area contributed by atoms with E-state index in [9.17, 15) is 0 Å². The van der Waals surface area contributed by atoms with Gasteiger partial charge < -0.3 is 11.1 Å². The molecular formula is C13H21N5S. The zero-order valence-electron chi connectivity index (χ0n) is 12.1.